The van der Waals surface area contributed by atoms with Crippen molar-refractivity contribution in [1.82, 2.24) is 4.57 Å². The van der Waals surface area contributed by atoms with Crippen molar-refractivity contribution < 1.29 is 5.11 Å². The van der Waals surface area contributed by atoms with Gasteiger partial charge in [0.15, 0.2) is 0 Å². The lowest BCUT2D eigenvalue weighted by Crippen LogP contribution is -2.10. The molecule has 0 amide bonds. The standard InChI is InChI=1S/C13H15N3OS/c1-9(2)14-15-13-16(3)12(8-18-13)10-5-4-6-11(17)7-10/h4-8,17H,1-3H3/b15-13+. The quantitative estimate of drug-likeness (QED) is 0.656. The molecular weight excluding hydrogens is 246 g/mol. The van der Waals surface area contributed by atoms with E-state index in [4.69, 9.17) is 0 Å². The Bertz CT molecular complexity index is 648. The van der Waals surface area contributed by atoms with E-state index in [1.165, 1.54) is 11.3 Å². The second kappa shape index (κ2) is 5.18. The number of phenolic OH excluding ortho intramolecular Hbond substituents is 1. The van der Waals surface area contributed by atoms with Crippen molar-refractivity contribution in [2.24, 2.45) is 17.3 Å². The summed E-state index contributed by atoms with van der Waals surface area (Å²) in [5.74, 6) is 0.264. The van der Waals surface area contributed by atoms with Crippen LogP contribution < -0.4 is 4.80 Å². The second-order valence-corrected chi connectivity index (χ2v) is 5.00. The molecule has 0 aliphatic heterocycles. The van der Waals surface area contributed by atoms with Gasteiger partial charge in [-0.2, -0.15) is 5.10 Å². The minimum Gasteiger partial charge on any atom is -0.508 e. The summed E-state index contributed by atoms with van der Waals surface area (Å²) >= 11 is 1.53. The van der Waals surface area contributed by atoms with Crippen LogP contribution in [0.3, 0.4) is 0 Å². The van der Waals surface area contributed by atoms with E-state index in [1.807, 2.05) is 43.0 Å². The third-order valence-corrected chi connectivity index (χ3v) is 3.31. The molecule has 94 valence electrons. The summed E-state index contributed by atoms with van der Waals surface area (Å²) in [4.78, 5) is 0.828. The van der Waals surface area contributed by atoms with Crippen molar-refractivity contribution in [3.05, 3.63) is 34.4 Å². The summed E-state index contributed by atoms with van der Waals surface area (Å²) in [6.07, 6.45) is 0. The van der Waals surface area contributed by atoms with Gasteiger partial charge in [0.05, 0.1) is 5.69 Å². The Balaban J connectivity index is 2.49. The molecule has 0 fully saturated rings. The first-order valence-corrected chi connectivity index (χ1v) is 6.44. The molecule has 0 unspecified atom stereocenters. The predicted octanol–water partition coefficient (Wildman–Crippen LogP) is 2.76. The molecule has 0 aliphatic rings. The molecule has 0 saturated carbocycles. The van der Waals surface area contributed by atoms with E-state index in [2.05, 4.69) is 10.2 Å². The van der Waals surface area contributed by atoms with Crippen LogP contribution in [0.15, 0.2) is 39.8 Å². The maximum Gasteiger partial charge on any atom is 0.210 e. The SMILES string of the molecule is CC(C)=N/N=c1/scc(-c2cccc(O)c2)n1C. The molecule has 1 N–H and O–H groups in total. The largest absolute Gasteiger partial charge is 0.508 e. The Morgan fingerprint density at radius 2 is 2.11 bits per heavy atom. The minimum absolute atomic E-state index is 0.264. The number of hydrogen-bond donors (Lipinski definition) is 1. The molecule has 5 heteroatoms. The van der Waals surface area contributed by atoms with Crippen LogP contribution in [-0.2, 0) is 7.05 Å². The zero-order chi connectivity index (χ0) is 13.1. The van der Waals surface area contributed by atoms with Gasteiger partial charge in [0.1, 0.15) is 5.75 Å². The van der Waals surface area contributed by atoms with Crippen LogP contribution in [0, 0.1) is 0 Å². The Hall–Kier alpha value is -1.88. The summed E-state index contributed by atoms with van der Waals surface area (Å²) in [7, 11) is 1.94. The van der Waals surface area contributed by atoms with Gasteiger partial charge in [-0.15, -0.1) is 16.4 Å². The maximum atomic E-state index is 9.50. The number of aromatic hydroxyl groups is 1. The average Bonchev–Trinajstić information content (AvgIpc) is 2.68. The summed E-state index contributed by atoms with van der Waals surface area (Å²) in [5, 5.41) is 19.7. The smallest absolute Gasteiger partial charge is 0.210 e. The Kier molecular flexibility index (Phi) is 3.62. The summed E-state index contributed by atoms with van der Waals surface area (Å²) in [6, 6.07) is 7.18. The highest BCUT2D eigenvalue weighted by Gasteiger charge is 2.04. The van der Waals surface area contributed by atoms with Crippen molar-refractivity contribution in [2.45, 2.75) is 13.8 Å². The third-order valence-electron chi connectivity index (χ3n) is 2.40. The van der Waals surface area contributed by atoms with Crippen LogP contribution in [0.5, 0.6) is 5.75 Å². The Morgan fingerprint density at radius 3 is 2.78 bits per heavy atom. The lowest BCUT2D eigenvalue weighted by Gasteiger charge is -2.02. The molecule has 0 saturated heterocycles. The Morgan fingerprint density at radius 1 is 1.33 bits per heavy atom. The highest BCUT2D eigenvalue weighted by Crippen LogP contribution is 2.22. The molecular formula is C13H15N3OS. The summed E-state index contributed by atoms with van der Waals surface area (Å²) in [6.45, 7) is 3.82. The van der Waals surface area contributed by atoms with Gasteiger partial charge in [-0.25, -0.2) is 0 Å². The molecule has 0 radical (unpaired) electrons. The van der Waals surface area contributed by atoms with E-state index in [-0.39, 0.29) is 5.75 Å². The van der Waals surface area contributed by atoms with E-state index >= 15 is 0 Å². The maximum absolute atomic E-state index is 9.50. The number of benzene rings is 1. The first-order valence-electron chi connectivity index (χ1n) is 5.57. The van der Waals surface area contributed by atoms with E-state index in [0.717, 1.165) is 21.8 Å². The lowest BCUT2D eigenvalue weighted by molar-refractivity contribution is 0.475. The fourth-order valence-electron chi connectivity index (χ4n) is 1.53. The molecule has 1 aromatic heterocycles. The van der Waals surface area contributed by atoms with Gasteiger partial charge in [-0.05, 0) is 26.0 Å². The van der Waals surface area contributed by atoms with Crippen molar-refractivity contribution in [3.63, 3.8) is 0 Å². The fraction of sp³-hybridized carbons (Fsp3) is 0.231. The number of rotatable bonds is 2. The van der Waals surface area contributed by atoms with Gasteiger partial charge < -0.3 is 9.67 Å². The second-order valence-electron chi connectivity index (χ2n) is 4.16. The van der Waals surface area contributed by atoms with Gasteiger partial charge in [0.2, 0.25) is 4.80 Å². The van der Waals surface area contributed by atoms with Gasteiger partial charge in [-0.3, -0.25) is 0 Å². The molecule has 2 aromatic rings. The molecule has 18 heavy (non-hydrogen) atoms. The molecule has 4 nitrogen and oxygen atoms in total. The van der Waals surface area contributed by atoms with E-state index in [9.17, 15) is 5.11 Å². The van der Waals surface area contributed by atoms with Gasteiger partial charge in [-0.1, -0.05) is 12.1 Å². The number of thiazole rings is 1. The topological polar surface area (TPSA) is 49.9 Å². The Labute approximate surface area is 110 Å². The summed E-state index contributed by atoms with van der Waals surface area (Å²) in [5.41, 5.74) is 2.90. The summed E-state index contributed by atoms with van der Waals surface area (Å²) < 4.78 is 1.96. The lowest BCUT2D eigenvalue weighted by atomic mass is 10.1. The average molecular weight is 261 g/mol. The normalized spacial score (nSPS) is 11.6. The molecule has 1 heterocycles. The molecule has 0 bridgehead atoms. The number of aromatic nitrogens is 1. The number of nitrogens with zero attached hydrogens (tertiary/aromatic N) is 3. The molecule has 0 atom stereocenters. The van der Waals surface area contributed by atoms with Crippen molar-refractivity contribution in [1.29, 1.82) is 0 Å². The first-order chi connectivity index (χ1) is 8.58. The minimum atomic E-state index is 0.264. The van der Waals surface area contributed by atoms with E-state index < -0.39 is 0 Å². The van der Waals surface area contributed by atoms with Crippen LogP contribution >= 0.6 is 11.3 Å². The van der Waals surface area contributed by atoms with Gasteiger partial charge in [0, 0.05) is 23.7 Å². The van der Waals surface area contributed by atoms with Gasteiger partial charge >= 0.3 is 0 Å². The fourth-order valence-corrected chi connectivity index (χ4v) is 2.39. The predicted molar refractivity (Wildman–Crippen MR) is 74.7 cm³/mol. The zero-order valence-corrected chi connectivity index (χ0v) is 11.4. The van der Waals surface area contributed by atoms with Crippen LogP contribution in [-0.4, -0.2) is 15.4 Å². The van der Waals surface area contributed by atoms with Crippen molar-refractivity contribution in [2.75, 3.05) is 0 Å². The molecule has 0 spiro atoms. The number of hydrogen-bond acceptors (Lipinski definition) is 4. The van der Waals surface area contributed by atoms with Crippen LogP contribution in [0.1, 0.15) is 13.8 Å². The van der Waals surface area contributed by atoms with Crippen molar-refractivity contribution in [3.8, 4) is 17.0 Å². The first kappa shape index (κ1) is 12.6. The van der Waals surface area contributed by atoms with Crippen LogP contribution in [0.25, 0.3) is 11.3 Å². The van der Waals surface area contributed by atoms with Crippen molar-refractivity contribution >= 4 is 17.0 Å². The third kappa shape index (κ3) is 2.68. The van der Waals surface area contributed by atoms with E-state index in [1.54, 1.807) is 12.1 Å². The van der Waals surface area contributed by atoms with Gasteiger partial charge in [0.25, 0.3) is 0 Å². The van der Waals surface area contributed by atoms with E-state index in [0.29, 0.717) is 0 Å². The highest BCUT2D eigenvalue weighted by molar-refractivity contribution is 7.07. The molecule has 2 rings (SSSR count). The molecule has 0 aliphatic carbocycles. The zero-order valence-electron chi connectivity index (χ0n) is 10.6. The monoisotopic (exact) mass is 261 g/mol. The van der Waals surface area contributed by atoms with Crippen LogP contribution in [0.4, 0.5) is 0 Å². The van der Waals surface area contributed by atoms with Crippen LogP contribution in [0.2, 0.25) is 0 Å². The highest BCUT2D eigenvalue weighted by atomic mass is 32.1. The number of phenols is 1. The molecule has 1 aromatic carbocycles.